The van der Waals surface area contributed by atoms with Gasteiger partial charge in [-0.2, -0.15) is 0 Å². The minimum Gasteiger partial charge on any atom is -0.354 e. The predicted molar refractivity (Wildman–Crippen MR) is 131 cm³/mol. The van der Waals surface area contributed by atoms with Crippen LogP contribution in [0.3, 0.4) is 0 Å². The van der Waals surface area contributed by atoms with Gasteiger partial charge in [0.15, 0.2) is 0 Å². The molecule has 0 aromatic heterocycles. The third-order valence-corrected chi connectivity index (χ3v) is 7.27. The molecule has 34 heavy (non-hydrogen) atoms. The third-order valence-electron chi connectivity index (χ3n) is 5.48. The molecule has 3 rings (SSSR count). The van der Waals surface area contributed by atoms with E-state index in [4.69, 9.17) is 0 Å². The Balaban J connectivity index is 1.80. The lowest BCUT2D eigenvalue weighted by Crippen LogP contribution is -2.42. The van der Waals surface area contributed by atoms with Crippen LogP contribution in [0.2, 0.25) is 0 Å². The Bertz CT molecular complexity index is 1220. The Hall–Kier alpha value is -3.72. The number of nitro groups is 1. The SMILES string of the molecule is CCC(CNC(=O)CN(c1cccc([N+](=O)[O-])c1)S(=O)(=O)c1ccccc1)Cc1ccccc1. The van der Waals surface area contributed by atoms with Gasteiger partial charge in [-0.05, 0) is 36.1 Å². The van der Waals surface area contributed by atoms with Crippen LogP contribution in [0.1, 0.15) is 18.9 Å². The molecule has 1 atom stereocenters. The van der Waals surface area contributed by atoms with Crippen molar-refractivity contribution in [3.63, 3.8) is 0 Å². The Morgan fingerprint density at radius 1 is 1.00 bits per heavy atom. The van der Waals surface area contributed by atoms with Crippen molar-refractivity contribution in [2.45, 2.75) is 24.7 Å². The van der Waals surface area contributed by atoms with Gasteiger partial charge in [0.1, 0.15) is 6.54 Å². The summed E-state index contributed by atoms with van der Waals surface area (Å²) in [5.74, 6) is -0.305. The highest BCUT2D eigenvalue weighted by Crippen LogP contribution is 2.26. The lowest BCUT2D eigenvalue weighted by Gasteiger charge is -2.24. The highest BCUT2D eigenvalue weighted by atomic mass is 32.2. The number of carbonyl (C=O) groups is 1. The molecule has 0 saturated carbocycles. The number of amides is 1. The van der Waals surface area contributed by atoms with Crippen LogP contribution in [-0.2, 0) is 21.2 Å². The zero-order valence-electron chi connectivity index (χ0n) is 18.8. The second-order valence-electron chi connectivity index (χ2n) is 7.87. The topological polar surface area (TPSA) is 110 Å². The van der Waals surface area contributed by atoms with E-state index < -0.39 is 27.4 Å². The first-order chi connectivity index (χ1) is 16.3. The zero-order valence-corrected chi connectivity index (χ0v) is 19.6. The van der Waals surface area contributed by atoms with Crippen LogP contribution < -0.4 is 9.62 Å². The monoisotopic (exact) mass is 481 g/mol. The first-order valence-corrected chi connectivity index (χ1v) is 12.4. The van der Waals surface area contributed by atoms with Crippen molar-refractivity contribution >= 4 is 27.3 Å². The lowest BCUT2D eigenvalue weighted by molar-refractivity contribution is -0.384. The van der Waals surface area contributed by atoms with Gasteiger partial charge in [-0.15, -0.1) is 0 Å². The van der Waals surface area contributed by atoms with Gasteiger partial charge in [0, 0.05) is 18.7 Å². The molecule has 1 N–H and O–H groups in total. The number of sulfonamides is 1. The largest absolute Gasteiger partial charge is 0.354 e. The summed E-state index contributed by atoms with van der Waals surface area (Å²) < 4.78 is 27.6. The van der Waals surface area contributed by atoms with E-state index in [1.165, 1.54) is 30.3 Å². The average molecular weight is 482 g/mol. The molecule has 3 aromatic rings. The fourth-order valence-corrected chi connectivity index (χ4v) is 4.98. The number of hydrogen-bond acceptors (Lipinski definition) is 5. The van der Waals surface area contributed by atoms with Crippen molar-refractivity contribution in [2.24, 2.45) is 5.92 Å². The molecule has 0 saturated heterocycles. The van der Waals surface area contributed by atoms with Crippen molar-refractivity contribution in [1.29, 1.82) is 0 Å². The maximum absolute atomic E-state index is 13.4. The molecule has 0 radical (unpaired) electrons. The van der Waals surface area contributed by atoms with Crippen molar-refractivity contribution in [3.05, 3.63) is 101 Å². The number of nitrogens with zero attached hydrogens (tertiary/aromatic N) is 2. The number of nitrogens with one attached hydrogen (secondary N) is 1. The molecule has 9 heteroatoms. The summed E-state index contributed by atoms with van der Waals surface area (Å²) in [7, 11) is -4.13. The Kier molecular flexibility index (Phi) is 8.37. The quantitative estimate of drug-likeness (QED) is 0.326. The van der Waals surface area contributed by atoms with Crippen molar-refractivity contribution < 1.29 is 18.1 Å². The van der Waals surface area contributed by atoms with E-state index in [1.54, 1.807) is 18.2 Å². The average Bonchev–Trinajstić information content (AvgIpc) is 2.86. The molecule has 0 heterocycles. The molecule has 0 aliphatic heterocycles. The fourth-order valence-electron chi connectivity index (χ4n) is 3.55. The van der Waals surface area contributed by atoms with E-state index in [1.807, 2.05) is 37.3 Å². The van der Waals surface area contributed by atoms with Crippen LogP contribution in [0.4, 0.5) is 11.4 Å². The predicted octanol–water partition coefficient (Wildman–Crippen LogP) is 4.18. The molecule has 8 nitrogen and oxygen atoms in total. The first kappa shape index (κ1) is 24.9. The van der Waals surface area contributed by atoms with Crippen LogP contribution in [0.5, 0.6) is 0 Å². The van der Waals surface area contributed by atoms with E-state index in [-0.39, 0.29) is 22.2 Å². The van der Waals surface area contributed by atoms with Crippen molar-refractivity contribution in [3.8, 4) is 0 Å². The maximum atomic E-state index is 13.4. The van der Waals surface area contributed by atoms with Gasteiger partial charge < -0.3 is 5.32 Å². The zero-order chi connectivity index (χ0) is 24.6. The van der Waals surface area contributed by atoms with E-state index in [2.05, 4.69) is 5.32 Å². The van der Waals surface area contributed by atoms with Crippen molar-refractivity contribution in [2.75, 3.05) is 17.4 Å². The molecule has 3 aromatic carbocycles. The smallest absolute Gasteiger partial charge is 0.271 e. The normalized spacial score (nSPS) is 12.0. The molecule has 0 bridgehead atoms. The molecular weight excluding hydrogens is 454 g/mol. The molecule has 178 valence electrons. The first-order valence-electron chi connectivity index (χ1n) is 10.9. The molecule has 0 aliphatic carbocycles. The number of nitro benzene ring substituents is 1. The second-order valence-corrected chi connectivity index (χ2v) is 9.73. The third kappa shape index (κ3) is 6.41. The summed E-state index contributed by atoms with van der Waals surface area (Å²) in [5, 5.41) is 14.1. The van der Waals surface area contributed by atoms with E-state index >= 15 is 0 Å². The van der Waals surface area contributed by atoms with E-state index in [0.29, 0.717) is 6.54 Å². The second kappa shape index (κ2) is 11.4. The van der Waals surface area contributed by atoms with Gasteiger partial charge >= 0.3 is 0 Å². The molecule has 0 aliphatic rings. The number of anilines is 1. The van der Waals surface area contributed by atoms with E-state index in [9.17, 15) is 23.3 Å². The Labute approximate surface area is 199 Å². The number of carbonyl (C=O) groups excluding carboxylic acids is 1. The number of non-ortho nitro benzene ring substituents is 1. The van der Waals surface area contributed by atoms with Gasteiger partial charge in [-0.25, -0.2) is 8.42 Å². The number of benzene rings is 3. The Morgan fingerprint density at radius 2 is 1.65 bits per heavy atom. The van der Waals surface area contributed by atoms with Crippen LogP contribution >= 0.6 is 0 Å². The summed E-state index contributed by atoms with van der Waals surface area (Å²) in [4.78, 5) is 23.5. The van der Waals surface area contributed by atoms with E-state index in [0.717, 1.165) is 28.8 Å². The summed E-state index contributed by atoms with van der Waals surface area (Å²) in [5.41, 5.74) is 0.943. The summed E-state index contributed by atoms with van der Waals surface area (Å²) in [6.07, 6.45) is 1.63. The highest BCUT2D eigenvalue weighted by molar-refractivity contribution is 7.92. The van der Waals surface area contributed by atoms with Gasteiger partial charge in [0.25, 0.3) is 15.7 Å². The van der Waals surface area contributed by atoms with Crippen LogP contribution in [0.25, 0.3) is 0 Å². The standard InChI is InChI=1S/C25H27N3O5S/c1-2-20(16-21-10-5-3-6-11-21)18-26-25(29)19-27(22-12-9-13-23(17-22)28(30)31)34(32,33)24-14-7-4-8-15-24/h3-15,17,20H,2,16,18-19H2,1H3,(H,26,29). The van der Waals surface area contributed by atoms with Gasteiger partial charge in [0.05, 0.1) is 15.5 Å². The van der Waals surface area contributed by atoms with Gasteiger partial charge in [-0.3, -0.25) is 19.2 Å². The molecule has 0 fully saturated rings. The summed E-state index contributed by atoms with van der Waals surface area (Å²) >= 11 is 0. The molecule has 1 unspecified atom stereocenters. The molecular formula is C25H27N3O5S. The van der Waals surface area contributed by atoms with Gasteiger partial charge in [0.2, 0.25) is 5.91 Å². The highest BCUT2D eigenvalue weighted by Gasteiger charge is 2.28. The maximum Gasteiger partial charge on any atom is 0.271 e. The minimum absolute atomic E-state index is 0.00943. The molecule has 1 amide bonds. The number of rotatable bonds is 11. The van der Waals surface area contributed by atoms with Crippen LogP contribution in [-0.4, -0.2) is 32.3 Å². The molecule has 0 spiro atoms. The Morgan fingerprint density at radius 3 is 2.26 bits per heavy atom. The summed E-state index contributed by atoms with van der Waals surface area (Å²) in [6, 6.07) is 22.9. The summed E-state index contributed by atoms with van der Waals surface area (Å²) in [6.45, 7) is 1.92. The van der Waals surface area contributed by atoms with Crippen molar-refractivity contribution in [1.82, 2.24) is 5.32 Å². The number of hydrogen-bond donors (Lipinski definition) is 1. The lowest BCUT2D eigenvalue weighted by atomic mass is 9.97. The van der Waals surface area contributed by atoms with Crippen LogP contribution in [0.15, 0.2) is 89.8 Å². The van der Waals surface area contributed by atoms with Gasteiger partial charge in [-0.1, -0.05) is 67.9 Å². The van der Waals surface area contributed by atoms with Crippen LogP contribution in [0, 0.1) is 16.0 Å². The fraction of sp³-hybridized carbons (Fsp3) is 0.240. The minimum atomic E-state index is -4.13.